The Bertz CT molecular complexity index is 471. The lowest BCUT2D eigenvalue weighted by Gasteiger charge is -2.20. The van der Waals surface area contributed by atoms with E-state index in [9.17, 15) is 0 Å². The molecule has 2 heteroatoms. The second-order valence-electron chi connectivity index (χ2n) is 4.11. The quantitative estimate of drug-likeness (QED) is 0.695. The number of aromatic amines is 1. The molecule has 2 N–H and O–H groups in total. The number of nitrogens with one attached hydrogen (secondary N) is 2. The van der Waals surface area contributed by atoms with Crippen LogP contribution in [0.2, 0.25) is 0 Å². The highest BCUT2D eigenvalue weighted by molar-refractivity contribution is 5.84. The average Bonchev–Trinajstić information content (AvgIpc) is 2.70. The van der Waals surface area contributed by atoms with Crippen molar-refractivity contribution in [2.24, 2.45) is 0 Å². The van der Waals surface area contributed by atoms with Gasteiger partial charge in [-0.05, 0) is 25.0 Å². The third-order valence-corrected chi connectivity index (χ3v) is 3.04. The fourth-order valence-electron chi connectivity index (χ4n) is 2.29. The van der Waals surface area contributed by atoms with Gasteiger partial charge in [-0.15, -0.1) is 0 Å². The number of rotatable bonds is 0. The molecule has 1 atom stereocenters. The Labute approximate surface area is 97.1 Å². The Balaban J connectivity index is 0.000000457. The van der Waals surface area contributed by atoms with Crippen molar-refractivity contribution in [2.45, 2.75) is 39.8 Å². The minimum atomic E-state index is 0.599. The van der Waals surface area contributed by atoms with Crippen LogP contribution in [-0.4, -0.2) is 11.0 Å². The van der Waals surface area contributed by atoms with E-state index in [0.29, 0.717) is 6.04 Å². The molecule has 0 saturated carbocycles. The van der Waals surface area contributed by atoms with Crippen LogP contribution >= 0.6 is 0 Å². The number of hydrogen-bond acceptors (Lipinski definition) is 1. The minimum absolute atomic E-state index is 0.599. The number of hydrogen-bond donors (Lipinski definition) is 2. The summed E-state index contributed by atoms with van der Waals surface area (Å²) < 4.78 is 0. The molecule has 1 aliphatic rings. The van der Waals surface area contributed by atoms with Crippen molar-refractivity contribution >= 4 is 10.9 Å². The normalized spacial score (nSPS) is 18.8. The van der Waals surface area contributed by atoms with Crippen LogP contribution in [0.1, 0.15) is 32.0 Å². The van der Waals surface area contributed by atoms with Gasteiger partial charge in [0.2, 0.25) is 0 Å². The van der Waals surface area contributed by atoms with E-state index in [4.69, 9.17) is 0 Å². The topological polar surface area (TPSA) is 27.8 Å². The molecule has 0 amide bonds. The zero-order chi connectivity index (χ0) is 11.5. The van der Waals surface area contributed by atoms with E-state index in [1.54, 1.807) is 0 Å². The lowest BCUT2D eigenvalue weighted by Crippen LogP contribution is -2.32. The molecule has 1 aromatic heterocycles. The van der Waals surface area contributed by atoms with Crippen molar-refractivity contribution in [2.75, 3.05) is 0 Å². The Morgan fingerprint density at radius 3 is 2.75 bits per heavy atom. The molecule has 0 fully saturated rings. The van der Waals surface area contributed by atoms with E-state index in [1.807, 2.05) is 13.8 Å². The van der Waals surface area contributed by atoms with Crippen molar-refractivity contribution < 1.29 is 0 Å². The molecular formula is C14H20N2. The SMILES string of the molecule is CC.C[C@@H]1Cc2c([nH]c3ccccc23)CN1. The highest BCUT2D eigenvalue weighted by Crippen LogP contribution is 2.25. The van der Waals surface area contributed by atoms with Crippen LogP contribution in [0, 0.1) is 0 Å². The van der Waals surface area contributed by atoms with Gasteiger partial charge in [-0.1, -0.05) is 32.0 Å². The Hall–Kier alpha value is -1.28. The predicted octanol–water partition coefficient (Wildman–Crippen LogP) is 3.23. The van der Waals surface area contributed by atoms with Gasteiger partial charge in [-0.3, -0.25) is 0 Å². The molecule has 0 bridgehead atoms. The van der Waals surface area contributed by atoms with Crippen molar-refractivity contribution in [3.8, 4) is 0 Å². The predicted molar refractivity (Wildman–Crippen MR) is 69.7 cm³/mol. The molecule has 2 aromatic rings. The summed E-state index contributed by atoms with van der Waals surface area (Å²) in [5, 5.41) is 4.87. The molecule has 0 spiro atoms. The van der Waals surface area contributed by atoms with Gasteiger partial charge >= 0.3 is 0 Å². The Kier molecular flexibility index (Phi) is 3.30. The molecule has 1 aliphatic heterocycles. The molecule has 0 aliphatic carbocycles. The van der Waals surface area contributed by atoms with E-state index in [0.717, 1.165) is 13.0 Å². The first-order chi connectivity index (χ1) is 7.84. The highest BCUT2D eigenvalue weighted by atomic mass is 14.9. The zero-order valence-corrected chi connectivity index (χ0v) is 10.3. The molecule has 2 nitrogen and oxygen atoms in total. The smallest absolute Gasteiger partial charge is 0.0459 e. The molecule has 0 unspecified atom stereocenters. The highest BCUT2D eigenvalue weighted by Gasteiger charge is 2.18. The lowest BCUT2D eigenvalue weighted by molar-refractivity contribution is 0.511. The lowest BCUT2D eigenvalue weighted by atomic mass is 10.00. The summed E-state index contributed by atoms with van der Waals surface area (Å²) in [5.41, 5.74) is 4.14. The number of fused-ring (bicyclic) bond motifs is 3. The van der Waals surface area contributed by atoms with Crippen LogP contribution in [0.4, 0.5) is 0 Å². The number of para-hydroxylation sites is 1. The Morgan fingerprint density at radius 1 is 1.19 bits per heavy atom. The van der Waals surface area contributed by atoms with E-state index in [-0.39, 0.29) is 0 Å². The van der Waals surface area contributed by atoms with Crippen molar-refractivity contribution in [1.29, 1.82) is 0 Å². The standard InChI is InChI=1S/C12H14N2.C2H6/c1-8-6-10-9-4-2-3-5-11(9)14-12(10)7-13-8;1-2/h2-5,8,13-14H,6-7H2,1H3;1-2H3/t8-;/m1./s1. The monoisotopic (exact) mass is 216 g/mol. The third-order valence-electron chi connectivity index (χ3n) is 3.04. The largest absolute Gasteiger partial charge is 0.357 e. The van der Waals surface area contributed by atoms with Crippen molar-refractivity contribution in [3.63, 3.8) is 0 Å². The van der Waals surface area contributed by atoms with Gasteiger partial charge in [0.05, 0.1) is 0 Å². The number of benzene rings is 1. The van der Waals surface area contributed by atoms with Gasteiger partial charge in [0.15, 0.2) is 0 Å². The minimum Gasteiger partial charge on any atom is -0.357 e. The molecule has 86 valence electrons. The summed E-state index contributed by atoms with van der Waals surface area (Å²) in [6.07, 6.45) is 1.14. The van der Waals surface area contributed by atoms with Crippen LogP contribution in [0.5, 0.6) is 0 Å². The van der Waals surface area contributed by atoms with E-state index >= 15 is 0 Å². The fourth-order valence-corrected chi connectivity index (χ4v) is 2.29. The van der Waals surface area contributed by atoms with E-state index < -0.39 is 0 Å². The van der Waals surface area contributed by atoms with Crippen molar-refractivity contribution in [3.05, 3.63) is 35.5 Å². The van der Waals surface area contributed by atoms with Gasteiger partial charge in [0, 0.05) is 29.2 Å². The van der Waals surface area contributed by atoms with Crippen LogP contribution < -0.4 is 5.32 Å². The van der Waals surface area contributed by atoms with Crippen LogP contribution in [0.3, 0.4) is 0 Å². The molecule has 16 heavy (non-hydrogen) atoms. The zero-order valence-electron chi connectivity index (χ0n) is 10.3. The van der Waals surface area contributed by atoms with Crippen LogP contribution in [0.15, 0.2) is 24.3 Å². The second kappa shape index (κ2) is 4.71. The fraction of sp³-hybridized carbons (Fsp3) is 0.429. The first-order valence-electron chi connectivity index (χ1n) is 6.16. The summed E-state index contributed by atoms with van der Waals surface area (Å²) in [7, 11) is 0. The number of H-pyrrole nitrogens is 1. The third kappa shape index (κ3) is 1.85. The maximum absolute atomic E-state index is 3.47. The maximum Gasteiger partial charge on any atom is 0.0459 e. The summed E-state index contributed by atoms with van der Waals surface area (Å²) in [6, 6.07) is 9.16. The molecule has 1 aromatic carbocycles. The summed E-state index contributed by atoms with van der Waals surface area (Å²) in [6.45, 7) is 7.22. The first kappa shape index (κ1) is 11.2. The van der Waals surface area contributed by atoms with Gasteiger partial charge in [0.25, 0.3) is 0 Å². The average molecular weight is 216 g/mol. The summed E-state index contributed by atoms with van der Waals surface area (Å²) in [4.78, 5) is 3.47. The molecule has 3 rings (SSSR count). The molecular weight excluding hydrogens is 196 g/mol. The van der Waals surface area contributed by atoms with Gasteiger partial charge in [0.1, 0.15) is 0 Å². The van der Waals surface area contributed by atoms with E-state index in [2.05, 4.69) is 41.5 Å². The number of aromatic nitrogens is 1. The second-order valence-corrected chi connectivity index (χ2v) is 4.11. The summed E-state index contributed by atoms with van der Waals surface area (Å²) in [5.74, 6) is 0. The first-order valence-corrected chi connectivity index (χ1v) is 6.16. The van der Waals surface area contributed by atoms with Gasteiger partial charge < -0.3 is 10.3 Å². The van der Waals surface area contributed by atoms with E-state index in [1.165, 1.54) is 22.2 Å². The molecule has 0 radical (unpaired) electrons. The van der Waals surface area contributed by atoms with Crippen molar-refractivity contribution in [1.82, 2.24) is 10.3 Å². The van der Waals surface area contributed by atoms with Crippen LogP contribution in [0.25, 0.3) is 10.9 Å². The van der Waals surface area contributed by atoms with Crippen LogP contribution in [-0.2, 0) is 13.0 Å². The maximum atomic E-state index is 3.47. The van der Waals surface area contributed by atoms with Gasteiger partial charge in [-0.2, -0.15) is 0 Å². The van der Waals surface area contributed by atoms with Gasteiger partial charge in [-0.25, -0.2) is 0 Å². The molecule has 2 heterocycles. The summed E-state index contributed by atoms with van der Waals surface area (Å²) >= 11 is 0. The molecule has 0 saturated heterocycles. The Morgan fingerprint density at radius 2 is 1.94 bits per heavy atom.